The first-order chi connectivity index (χ1) is 9.34. The maximum Gasteiger partial charge on any atom is 0.234 e. The molecule has 0 bridgehead atoms. The van der Waals surface area contributed by atoms with Gasteiger partial charge in [-0.25, -0.2) is 0 Å². The van der Waals surface area contributed by atoms with Gasteiger partial charge in [0.1, 0.15) is 0 Å². The highest BCUT2D eigenvalue weighted by Gasteiger charge is 2.15. The fourth-order valence-electron chi connectivity index (χ4n) is 2.38. The molecule has 2 heterocycles. The largest absolute Gasteiger partial charge is 0.381 e. The van der Waals surface area contributed by atoms with Crippen molar-refractivity contribution in [2.45, 2.75) is 18.9 Å². The predicted octanol–water partition coefficient (Wildman–Crippen LogP) is -0.0800. The molecule has 2 aliphatic rings. The molecule has 0 aromatic rings. The van der Waals surface area contributed by atoms with Crippen LogP contribution in [0.5, 0.6) is 0 Å². The molecule has 0 aromatic heterocycles. The van der Waals surface area contributed by atoms with Crippen molar-refractivity contribution in [2.75, 3.05) is 57.4 Å². The number of hydrogen-bond acceptors (Lipinski definition) is 5. The summed E-state index contributed by atoms with van der Waals surface area (Å²) in [6.45, 7) is 6.27. The SMILES string of the molecule is O=C(CNCCN1CCSCC1)NC1CCOCC1. The van der Waals surface area contributed by atoms with E-state index < -0.39 is 0 Å². The van der Waals surface area contributed by atoms with E-state index in [2.05, 4.69) is 15.5 Å². The lowest BCUT2D eigenvalue weighted by Gasteiger charge is -2.26. The summed E-state index contributed by atoms with van der Waals surface area (Å²) in [5, 5.41) is 6.29. The van der Waals surface area contributed by atoms with Crippen LogP contribution in [0.15, 0.2) is 0 Å². The van der Waals surface area contributed by atoms with Crippen LogP contribution < -0.4 is 10.6 Å². The van der Waals surface area contributed by atoms with Crippen molar-refractivity contribution in [3.05, 3.63) is 0 Å². The van der Waals surface area contributed by atoms with Gasteiger partial charge in [-0.2, -0.15) is 11.8 Å². The number of amides is 1. The molecular formula is C13H25N3O2S. The molecular weight excluding hydrogens is 262 g/mol. The molecule has 0 aliphatic carbocycles. The van der Waals surface area contributed by atoms with Gasteiger partial charge in [0.05, 0.1) is 6.54 Å². The maximum absolute atomic E-state index is 11.7. The normalized spacial score (nSPS) is 22.3. The molecule has 0 aromatic carbocycles. The predicted molar refractivity (Wildman–Crippen MR) is 78.6 cm³/mol. The first kappa shape index (κ1) is 15.1. The van der Waals surface area contributed by atoms with E-state index in [1.54, 1.807) is 0 Å². The van der Waals surface area contributed by atoms with Crippen LogP contribution in [0, 0.1) is 0 Å². The molecule has 0 unspecified atom stereocenters. The van der Waals surface area contributed by atoms with Gasteiger partial charge in [0.25, 0.3) is 0 Å². The Labute approximate surface area is 119 Å². The highest BCUT2D eigenvalue weighted by molar-refractivity contribution is 7.99. The van der Waals surface area contributed by atoms with Crippen molar-refractivity contribution in [3.63, 3.8) is 0 Å². The monoisotopic (exact) mass is 287 g/mol. The quantitative estimate of drug-likeness (QED) is 0.669. The zero-order chi connectivity index (χ0) is 13.3. The van der Waals surface area contributed by atoms with E-state index in [-0.39, 0.29) is 5.91 Å². The van der Waals surface area contributed by atoms with Crippen molar-refractivity contribution >= 4 is 17.7 Å². The number of rotatable bonds is 6. The molecule has 2 aliphatic heterocycles. The van der Waals surface area contributed by atoms with Gasteiger partial charge < -0.3 is 20.3 Å². The summed E-state index contributed by atoms with van der Waals surface area (Å²) in [6.07, 6.45) is 1.88. The van der Waals surface area contributed by atoms with Crippen LogP contribution in [0.25, 0.3) is 0 Å². The second kappa shape index (κ2) is 8.79. The second-order valence-electron chi connectivity index (χ2n) is 5.08. The summed E-state index contributed by atoms with van der Waals surface area (Å²) in [5.74, 6) is 2.59. The zero-order valence-corrected chi connectivity index (χ0v) is 12.3. The molecule has 2 fully saturated rings. The van der Waals surface area contributed by atoms with Gasteiger partial charge in [0.15, 0.2) is 0 Å². The zero-order valence-electron chi connectivity index (χ0n) is 11.5. The van der Waals surface area contributed by atoms with Crippen LogP contribution in [0.2, 0.25) is 0 Å². The van der Waals surface area contributed by atoms with Gasteiger partial charge in [-0.3, -0.25) is 4.79 Å². The molecule has 110 valence electrons. The lowest BCUT2D eigenvalue weighted by molar-refractivity contribution is -0.121. The summed E-state index contributed by atoms with van der Waals surface area (Å²) in [5.41, 5.74) is 0. The minimum Gasteiger partial charge on any atom is -0.381 e. The van der Waals surface area contributed by atoms with E-state index in [4.69, 9.17) is 4.74 Å². The Balaban J connectivity index is 1.48. The number of nitrogens with zero attached hydrogens (tertiary/aromatic N) is 1. The summed E-state index contributed by atoms with van der Waals surface area (Å²) in [7, 11) is 0. The summed E-state index contributed by atoms with van der Waals surface area (Å²) in [4.78, 5) is 14.2. The van der Waals surface area contributed by atoms with E-state index in [1.165, 1.54) is 24.6 Å². The maximum atomic E-state index is 11.7. The summed E-state index contributed by atoms with van der Waals surface area (Å²) < 4.78 is 5.27. The number of thioether (sulfide) groups is 1. The van der Waals surface area contributed by atoms with Gasteiger partial charge in [0, 0.05) is 56.9 Å². The fourth-order valence-corrected chi connectivity index (χ4v) is 3.36. The van der Waals surface area contributed by atoms with E-state index in [0.717, 1.165) is 39.1 Å². The molecule has 0 radical (unpaired) electrons. The Hall–Kier alpha value is -0.300. The lowest BCUT2D eigenvalue weighted by Crippen LogP contribution is -2.44. The Morgan fingerprint density at radius 2 is 2.00 bits per heavy atom. The number of carbonyl (C=O) groups excluding carboxylic acids is 1. The third-order valence-corrected chi connectivity index (χ3v) is 4.52. The first-order valence-corrected chi connectivity index (χ1v) is 8.38. The average molecular weight is 287 g/mol. The Bertz CT molecular complexity index is 267. The Morgan fingerprint density at radius 3 is 2.74 bits per heavy atom. The molecule has 5 nitrogen and oxygen atoms in total. The van der Waals surface area contributed by atoms with Crippen LogP contribution in [0.3, 0.4) is 0 Å². The third kappa shape index (κ3) is 6.12. The Kier molecular flexibility index (Phi) is 6.98. The van der Waals surface area contributed by atoms with Crippen molar-refractivity contribution < 1.29 is 9.53 Å². The van der Waals surface area contributed by atoms with Crippen LogP contribution >= 0.6 is 11.8 Å². The smallest absolute Gasteiger partial charge is 0.234 e. The molecule has 0 spiro atoms. The van der Waals surface area contributed by atoms with E-state index in [0.29, 0.717) is 12.6 Å². The molecule has 1 amide bonds. The highest BCUT2D eigenvalue weighted by atomic mass is 32.2. The van der Waals surface area contributed by atoms with Gasteiger partial charge >= 0.3 is 0 Å². The van der Waals surface area contributed by atoms with Crippen LogP contribution in [0.4, 0.5) is 0 Å². The molecule has 2 N–H and O–H groups in total. The molecule has 2 rings (SSSR count). The van der Waals surface area contributed by atoms with E-state index in [1.807, 2.05) is 11.8 Å². The van der Waals surface area contributed by atoms with Crippen molar-refractivity contribution in [1.29, 1.82) is 0 Å². The first-order valence-electron chi connectivity index (χ1n) is 7.22. The molecule has 2 saturated heterocycles. The standard InChI is InChI=1S/C13H25N3O2S/c17-13(15-12-1-7-18-8-2-12)11-14-3-4-16-5-9-19-10-6-16/h12,14H,1-11H2,(H,15,17). The lowest BCUT2D eigenvalue weighted by atomic mass is 10.1. The average Bonchev–Trinajstić information content (AvgIpc) is 2.46. The van der Waals surface area contributed by atoms with Crippen molar-refractivity contribution in [1.82, 2.24) is 15.5 Å². The van der Waals surface area contributed by atoms with Gasteiger partial charge in [-0.15, -0.1) is 0 Å². The molecule has 19 heavy (non-hydrogen) atoms. The molecule has 6 heteroatoms. The minimum absolute atomic E-state index is 0.112. The van der Waals surface area contributed by atoms with Crippen LogP contribution in [-0.4, -0.2) is 74.3 Å². The highest BCUT2D eigenvalue weighted by Crippen LogP contribution is 2.08. The Morgan fingerprint density at radius 1 is 1.26 bits per heavy atom. The van der Waals surface area contributed by atoms with E-state index >= 15 is 0 Å². The third-order valence-electron chi connectivity index (χ3n) is 3.58. The van der Waals surface area contributed by atoms with Gasteiger partial charge in [0.2, 0.25) is 5.91 Å². The number of nitrogens with one attached hydrogen (secondary N) is 2. The van der Waals surface area contributed by atoms with E-state index in [9.17, 15) is 4.79 Å². The van der Waals surface area contributed by atoms with Gasteiger partial charge in [-0.1, -0.05) is 0 Å². The van der Waals surface area contributed by atoms with Crippen LogP contribution in [0.1, 0.15) is 12.8 Å². The van der Waals surface area contributed by atoms with Crippen LogP contribution in [-0.2, 0) is 9.53 Å². The molecule has 0 atom stereocenters. The van der Waals surface area contributed by atoms with Gasteiger partial charge in [-0.05, 0) is 12.8 Å². The van der Waals surface area contributed by atoms with Crippen molar-refractivity contribution in [3.8, 4) is 0 Å². The molecule has 0 saturated carbocycles. The summed E-state index contributed by atoms with van der Waals surface area (Å²) in [6, 6.07) is 0.308. The summed E-state index contributed by atoms with van der Waals surface area (Å²) >= 11 is 2.03. The number of carbonyl (C=O) groups is 1. The minimum atomic E-state index is 0.112. The number of hydrogen-bond donors (Lipinski definition) is 2. The number of ether oxygens (including phenoxy) is 1. The fraction of sp³-hybridized carbons (Fsp3) is 0.923. The topological polar surface area (TPSA) is 53.6 Å². The van der Waals surface area contributed by atoms with Crippen molar-refractivity contribution in [2.24, 2.45) is 0 Å². The second-order valence-corrected chi connectivity index (χ2v) is 6.31.